The van der Waals surface area contributed by atoms with Crippen molar-refractivity contribution in [3.05, 3.63) is 229 Å². The Labute approximate surface area is 467 Å². The highest BCUT2D eigenvalue weighted by molar-refractivity contribution is 5.88. The van der Waals surface area contributed by atoms with Crippen molar-refractivity contribution >= 4 is 43.9 Å². The van der Waals surface area contributed by atoms with Crippen molar-refractivity contribution < 1.29 is 0 Å². The van der Waals surface area contributed by atoms with Gasteiger partial charge in [0, 0.05) is 59.0 Å². The molecule has 0 atom stereocenters. The maximum Gasteiger partial charge on any atom is 0.205 e. The number of fused-ring (bicyclic) bond motifs is 4. The van der Waals surface area contributed by atoms with E-state index in [4.69, 9.17) is 19.9 Å². The Morgan fingerprint density at radius 1 is 0.370 bits per heavy atom. The van der Waals surface area contributed by atoms with Crippen molar-refractivity contribution in [1.82, 2.24) is 70.3 Å². The number of para-hydroxylation sites is 2. The number of benzene rings is 8. The fourth-order valence-corrected chi connectivity index (χ4v) is 10.8. The molecule has 6 heterocycles. The fourth-order valence-electron chi connectivity index (χ4n) is 10.8. The van der Waals surface area contributed by atoms with Crippen LogP contribution in [0.15, 0.2) is 206 Å². The van der Waals surface area contributed by atoms with Crippen molar-refractivity contribution in [3.8, 4) is 67.5 Å². The van der Waals surface area contributed by atoms with Crippen LogP contribution in [0.3, 0.4) is 0 Å². The zero-order valence-electron chi connectivity index (χ0n) is 44.9. The average Bonchev–Trinajstić information content (AvgIpc) is 4.41. The van der Waals surface area contributed by atoms with Crippen LogP contribution >= 0.6 is 0 Å². The second-order valence-corrected chi connectivity index (χ2v) is 20.2. The number of unbranched alkanes of at least 4 members (excludes halogenated alkanes) is 1. The van der Waals surface area contributed by atoms with E-state index >= 15 is 0 Å². The highest BCUT2D eigenvalue weighted by atomic mass is 15.5. The molecule has 14 aromatic rings. The van der Waals surface area contributed by atoms with Crippen LogP contribution in [-0.4, -0.2) is 70.3 Å². The molecular weight excluding hydrogens is 1000 g/mol. The van der Waals surface area contributed by atoms with Gasteiger partial charge < -0.3 is 9.13 Å². The summed E-state index contributed by atoms with van der Waals surface area (Å²) in [5.74, 6) is 3.40. The number of H-pyrrole nitrogens is 2. The van der Waals surface area contributed by atoms with E-state index in [0.29, 0.717) is 11.6 Å². The highest BCUT2D eigenvalue weighted by Crippen LogP contribution is 2.34. The average molecular weight is 1060 g/mol. The second-order valence-electron chi connectivity index (χ2n) is 20.2. The Morgan fingerprint density at radius 2 is 0.802 bits per heavy atom. The van der Waals surface area contributed by atoms with Gasteiger partial charge in [-0.3, -0.25) is 0 Å². The van der Waals surface area contributed by atoms with Crippen LogP contribution in [0.5, 0.6) is 0 Å². The predicted octanol–water partition coefficient (Wildman–Crippen LogP) is 14.6. The van der Waals surface area contributed by atoms with E-state index in [0.717, 1.165) is 157 Å². The molecule has 2 N–H and O–H groups in total. The molecule has 0 fully saturated rings. The summed E-state index contributed by atoms with van der Waals surface area (Å²) in [5.41, 5.74) is 19.1. The monoisotopic (exact) mass is 1060 g/mol. The number of rotatable bonds is 15. The maximum absolute atomic E-state index is 5.06. The molecule has 0 spiro atoms. The molecule has 0 aliphatic carbocycles. The largest absolute Gasteiger partial charge is 0.323 e. The molecule has 394 valence electrons. The number of hydrogen-bond acceptors (Lipinski definition) is 10. The second kappa shape index (κ2) is 22.6. The number of imidazole rings is 2. The lowest BCUT2D eigenvalue weighted by Gasteiger charge is -2.12. The minimum absolute atomic E-state index is 0.588. The molecule has 6 aromatic heterocycles. The molecule has 0 bridgehead atoms. The van der Waals surface area contributed by atoms with E-state index in [9.17, 15) is 0 Å². The molecule has 0 saturated carbocycles. The highest BCUT2D eigenvalue weighted by Gasteiger charge is 2.17. The standard InChI is InChI=1S/C34H29N7.C33H27N7/c1-2-3-12-33-36-31-20-18-26(30-19-17-25-8-4-7-11-29(25)35-30)21-32(31)41(33)22-23-13-15-24(16-14-23)27-9-5-6-10-28(27)34-37-39-40-38-34;1-2-7-32-35-30-19-17-25(29-18-16-24-8-3-6-11-28(24)34-29)20-31(30)40(32)21-22-12-14-23(15-13-22)26-9-4-5-10-27(26)33-36-38-39-37-33/h4-11,13-21H,2-3,12,22H2,1H3,(H,37,38,39,40);3-6,8-20H,2,7,21H2,1H3,(H,36,37,38,39). The number of pyridine rings is 2. The van der Waals surface area contributed by atoms with E-state index in [1.807, 2.05) is 60.7 Å². The summed E-state index contributed by atoms with van der Waals surface area (Å²) in [4.78, 5) is 19.9. The predicted molar refractivity (Wildman–Crippen MR) is 322 cm³/mol. The molecule has 0 aliphatic heterocycles. The van der Waals surface area contributed by atoms with Crippen LogP contribution in [-0.2, 0) is 25.9 Å². The Bertz CT molecular complexity index is 4470. The minimum Gasteiger partial charge on any atom is -0.323 e. The van der Waals surface area contributed by atoms with Gasteiger partial charge in [-0.1, -0.05) is 178 Å². The van der Waals surface area contributed by atoms with E-state index < -0.39 is 0 Å². The zero-order valence-corrected chi connectivity index (χ0v) is 44.9. The van der Waals surface area contributed by atoms with Crippen LogP contribution in [0.1, 0.15) is 55.9 Å². The third kappa shape index (κ3) is 10.5. The molecule has 14 nitrogen and oxygen atoms in total. The Balaban J connectivity index is 0.000000153. The van der Waals surface area contributed by atoms with Crippen molar-refractivity contribution in [2.45, 2.75) is 59.0 Å². The van der Waals surface area contributed by atoms with E-state index in [-0.39, 0.29) is 0 Å². The van der Waals surface area contributed by atoms with Crippen LogP contribution < -0.4 is 0 Å². The maximum atomic E-state index is 5.06. The van der Waals surface area contributed by atoms with Crippen LogP contribution in [0.2, 0.25) is 0 Å². The molecule has 14 rings (SSSR count). The summed E-state index contributed by atoms with van der Waals surface area (Å²) in [6.45, 7) is 5.91. The summed E-state index contributed by atoms with van der Waals surface area (Å²) >= 11 is 0. The molecular formula is C67H56N14. The van der Waals surface area contributed by atoms with Crippen molar-refractivity contribution in [3.63, 3.8) is 0 Å². The van der Waals surface area contributed by atoms with Gasteiger partial charge in [0.05, 0.1) is 44.5 Å². The SMILES string of the molecule is CCCCc1nc2ccc(-c3ccc4ccccc4n3)cc2n1Cc1ccc(-c2ccccc2-c2nn[nH]n2)cc1.CCCc1nc2ccc(-c3ccc4ccccc4n3)cc2n1Cc1ccc(-c2ccccc2-c2nn[nH]n2)cc1. The van der Waals surface area contributed by atoms with Gasteiger partial charge in [-0.15, -0.1) is 20.4 Å². The first-order chi connectivity index (χ1) is 40.0. The Kier molecular flexibility index (Phi) is 14.0. The van der Waals surface area contributed by atoms with Crippen molar-refractivity contribution in [2.75, 3.05) is 0 Å². The number of hydrogen-bond donors (Lipinski definition) is 2. The minimum atomic E-state index is 0.588. The van der Waals surface area contributed by atoms with Crippen LogP contribution in [0.25, 0.3) is 111 Å². The molecule has 0 radical (unpaired) electrons. The summed E-state index contributed by atoms with van der Waals surface area (Å²) in [7, 11) is 0. The summed E-state index contributed by atoms with van der Waals surface area (Å²) in [5, 5.41) is 31.6. The number of nitrogens with zero attached hydrogens (tertiary/aromatic N) is 12. The van der Waals surface area contributed by atoms with Gasteiger partial charge in [-0.2, -0.15) is 10.4 Å². The number of tetrazole rings is 2. The first-order valence-electron chi connectivity index (χ1n) is 27.6. The molecule has 0 saturated heterocycles. The summed E-state index contributed by atoms with van der Waals surface area (Å²) in [6, 6.07) is 71.7. The molecule has 14 heteroatoms. The lowest BCUT2D eigenvalue weighted by molar-refractivity contribution is 0.690. The van der Waals surface area contributed by atoms with Gasteiger partial charge in [0.2, 0.25) is 11.6 Å². The molecule has 0 amide bonds. The van der Waals surface area contributed by atoms with Gasteiger partial charge in [0.1, 0.15) is 11.6 Å². The first-order valence-corrected chi connectivity index (χ1v) is 27.6. The first kappa shape index (κ1) is 50.2. The summed E-state index contributed by atoms with van der Waals surface area (Å²) in [6.07, 6.45) is 5.14. The quantitative estimate of drug-likeness (QED) is 0.101. The van der Waals surface area contributed by atoms with Gasteiger partial charge in [0.15, 0.2) is 0 Å². The Morgan fingerprint density at radius 3 is 1.25 bits per heavy atom. The van der Waals surface area contributed by atoms with Gasteiger partial charge in [-0.05, 0) is 105 Å². The fraction of sp³-hybridized carbons (Fsp3) is 0.134. The topological polar surface area (TPSA) is 170 Å². The number of aromatic amines is 2. The van der Waals surface area contributed by atoms with Crippen LogP contribution in [0, 0.1) is 0 Å². The smallest absolute Gasteiger partial charge is 0.205 e. The van der Waals surface area contributed by atoms with Gasteiger partial charge in [-0.25, -0.2) is 19.9 Å². The number of aromatic nitrogens is 14. The number of nitrogens with one attached hydrogen (secondary N) is 2. The van der Waals surface area contributed by atoms with Gasteiger partial charge in [0.25, 0.3) is 0 Å². The van der Waals surface area contributed by atoms with E-state index in [2.05, 4.69) is 210 Å². The van der Waals surface area contributed by atoms with Crippen molar-refractivity contribution in [1.29, 1.82) is 0 Å². The van der Waals surface area contributed by atoms with E-state index in [1.54, 1.807) is 0 Å². The van der Waals surface area contributed by atoms with Gasteiger partial charge >= 0.3 is 0 Å². The Hall–Kier alpha value is -10.3. The lowest BCUT2D eigenvalue weighted by atomic mass is 9.98. The summed E-state index contributed by atoms with van der Waals surface area (Å²) < 4.78 is 4.73. The zero-order chi connectivity index (χ0) is 54.5. The molecule has 0 aliphatic rings. The molecule has 0 unspecified atom stereocenters. The molecule has 8 aromatic carbocycles. The lowest BCUT2D eigenvalue weighted by Crippen LogP contribution is -2.05. The van der Waals surface area contributed by atoms with Crippen molar-refractivity contribution in [2.24, 2.45) is 0 Å². The third-order valence-electron chi connectivity index (χ3n) is 14.9. The third-order valence-corrected chi connectivity index (χ3v) is 14.9. The molecule has 81 heavy (non-hydrogen) atoms. The van der Waals surface area contributed by atoms with Crippen LogP contribution in [0.4, 0.5) is 0 Å². The normalized spacial score (nSPS) is 11.4. The van der Waals surface area contributed by atoms with E-state index in [1.165, 1.54) is 11.1 Å². The number of aryl methyl sites for hydroxylation is 2.